The Kier molecular flexibility index (Phi) is 5.86. The van der Waals surface area contributed by atoms with Gasteiger partial charge in [0.1, 0.15) is 5.75 Å². The molecule has 1 N–H and O–H groups in total. The van der Waals surface area contributed by atoms with Gasteiger partial charge < -0.3 is 24.2 Å². The maximum absolute atomic E-state index is 13.1. The lowest BCUT2D eigenvalue weighted by atomic mass is 10.0. The number of imidazole rings is 1. The first-order valence-electron chi connectivity index (χ1n) is 11.4. The number of anilines is 1. The number of nitrogens with one attached hydrogen (secondary N) is 1. The molecule has 0 spiro atoms. The van der Waals surface area contributed by atoms with E-state index in [1.165, 1.54) is 11.6 Å². The molecule has 4 heterocycles. The number of aromatic nitrogens is 4. The van der Waals surface area contributed by atoms with E-state index in [1.54, 1.807) is 18.7 Å². The van der Waals surface area contributed by atoms with Gasteiger partial charge >= 0.3 is 5.69 Å². The van der Waals surface area contributed by atoms with Crippen LogP contribution < -0.4 is 21.3 Å². The molecule has 3 aromatic rings. The summed E-state index contributed by atoms with van der Waals surface area (Å²) < 4.78 is 15.4. The fourth-order valence-electron chi connectivity index (χ4n) is 4.54. The van der Waals surface area contributed by atoms with Gasteiger partial charge in [-0.15, -0.1) is 0 Å². The molecular weight excluding hydrogens is 440 g/mol. The molecule has 1 aromatic carbocycles. The van der Waals surface area contributed by atoms with Crippen LogP contribution in [0, 0.1) is 0 Å². The monoisotopic (exact) mass is 468 g/mol. The summed E-state index contributed by atoms with van der Waals surface area (Å²) in [5.41, 5.74) is 1.49. The molecule has 34 heavy (non-hydrogen) atoms. The number of fused-ring (bicyclic) bond motifs is 1. The van der Waals surface area contributed by atoms with E-state index in [-0.39, 0.29) is 12.2 Å². The maximum Gasteiger partial charge on any atom is 0.332 e. The van der Waals surface area contributed by atoms with Crippen molar-refractivity contribution in [2.24, 2.45) is 19.3 Å². The lowest BCUT2D eigenvalue weighted by Crippen LogP contribution is -2.38. The van der Waals surface area contributed by atoms with Crippen LogP contribution in [0.3, 0.4) is 0 Å². The smallest absolute Gasteiger partial charge is 0.332 e. The minimum absolute atomic E-state index is 0.0862. The average molecular weight is 469 g/mol. The molecule has 2 aliphatic heterocycles. The van der Waals surface area contributed by atoms with Crippen molar-refractivity contribution in [2.45, 2.75) is 38.0 Å². The number of rotatable bonds is 7. The van der Waals surface area contributed by atoms with Crippen LogP contribution in [0.4, 0.5) is 5.95 Å². The summed E-state index contributed by atoms with van der Waals surface area (Å²) in [7, 11) is 4.70. The number of benzene rings is 1. The molecule has 5 rings (SSSR count). The van der Waals surface area contributed by atoms with Gasteiger partial charge in [-0.2, -0.15) is 4.98 Å². The van der Waals surface area contributed by atoms with Crippen molar-refractivity contribution >= 4 is 22.8 Å². The molecule has 11 heteroatoms. The van der Waals surface area contributed by atoms with Gasteiger partial charge in [-0.1, -0.05) is 17.3 Å². The fourth-order valence-corrected chi connectivity index (χ4v) is 4.54. The van der Waals surface area contributed by atoms with Crippen molar-refractivity contribution in [1.29, 1.82) is 0 Å². The van der Waals surface area contributed by atoms with E-state index in [4.69, 9.17) is 14.3 Å². The molecule has 0 amide bonds. The highest BCUT2D eigenvalue weighted by atomic mass is 16.6. The average Bonchev–Trinajstić information content (AvgIpc) is 3.61. The standard InChI is InChI=1S/C23H28N6O5/c1-27-20-19(21(30)28(2)23(27)31)29(22(25-20)24-12-14-7-6-10-33-14)13-15-11-17(26-34-15)16-8-4-5-9-18(16)32-3/h4-5,8-9,14-15H,6-7,10-13H2,1-3H3,(H,24,25)/t14-,15-/m0/s1. The zero-order chi connectivity index (χ0) is 23.8. The van der Waals surface area contributed by atoms with Crippen LogP contribution in [0.15, 0.2) is 39.0 Å². The minimum Gasteiger partial charge on any atom is -0.496 e. The Hall–Kier alpha value is -3.60. The summed E-state index contributed by atoms with van der Waals surface area (Å²) in [6.45, 7) is 1.64. The Morgan fingerprint density at radius 1 is 1.18 bits per heavy atom. The van der Waals surface area contributed by atoms with E-state index in [9.17, 15) is 9.59 Å². The zero-order valence-electron chi connectivity index (χ0n) is 19.5. The second kappa shape index (κ2) is 8.98. The number of para-hydroxylation sites is 1. The first kappa shape index (κ1) is 22.2. The molecule has 180 valence electrons. The Morgan fingerprint density at radius 2 is 2.00 bits per heavy atom. The van der Waals surface area contributed by atoms with Gasteiger partial charge in [0.15, 0.2) is 17.3 Å². The zero-order valence-corrected chi connectivity index (χ0v) is 19.5. The highest BCUT2D eigenvalue weighted by molar-refractivity contribution is 6.03. The van der Waals surface area contributed by atoms with Gasteiger partial charge in [0.2, 0.25) is 5.95 Å². The summed E-state index contributed by atoms with van der Waals surface area (Å²) in [6, 6.07) is 7.65. The molecule has 0 aliphatic carbocycles. The largest absolute Gasteiger partial charge is 0.496 e. The first-order valence-corrected chi connectivity index (χ1v) is 11.4. The van der Waals surface area contributed by atoms with Crippen molar-refractivity contribution in [1.82, 2.24) is 18.7 Å². The molecule has 0 bridgehead atoms. The van der Waals surface area contributed by atoms with Crippen molar-refractivity contribution in [3.05, 3.63) is 50.7 Å². The maximum atomic E-state index is 13.1. The topological polar surface area (TPSA) is 114 Å². The van der Waals surface area contributed by atoms with E-state index in [0.29, 0.717) is 36.6 Å². The number of methoxy groups -OCH3 is 1. The summed E-state index contributed by atoms with van der Waals surface area (Å²) in [5.74, 6) is 1.22. The van der Waals surface area contributed by atoms with Gasteiger partial charge in [0.25, 0.3) is 5.56 Å². The third-order valence-electron chi connectivity index (χ3n) is 6.40. The van der Waals surface area contributed by atoms with Gasteiger partial charge in [-0.3, -0.25) is 13.9 Å². The van der Waals surface area contributed by atoms with E-state index >= 15 is 0 Å². The Balaban J connectivity index is 1.47. The SMILES string of the molecule is COc1ccccc1C1=NO[C@H](Cn2c(NC[C@@H]3CCCO3)nc3c2c(=O)n(C)c(=O)n3C)C1. The summed E-state index contributed by atoms with van der Waals surface area (Å²) >= 11 is 0. The minimum atomic E-state index is -0.424. The second-order valence-electron chi connectivity index (χ2n) is 8.61. The van der Waals surface area contributed by atoms with Crippen LogP contribution >= 0.6 is 0 Å². The van der Waals surface area contributed by atoms with Gasteiger partial charge in [0.05, 0.1) is 25.5 Å². The lowest BCUT2D eigenvalue weighted by Gasteiger charge is -2.16. The predicted octanol–water partition coefficient (Wildman–Crippen LogP) is 1.23. The molecule has 0 saturated carbocycles. The molecule has 2 aliphatic rings. The van der Waals surface area contributed by atoms with Gasteiger partial charge in [-0.05, 0) is 25.0 Å². The second-order valence-corrected chi connectivity index (χ2v) is 8.61. The van der Waals surface area contributed by atoms with Crippen LogP contribution in [0.25, 0.3) is 11.2 Å². The Labute approximate surface area is 195 Å². The summed E-state index contributed by atoms with van der Waals surface area (Å²) in [6.07, 6.45) is 2.30. The van der Waals surface area contributed by atoms with Gasteiger partial charge in [-0.25, -0.2) is 4.79 Å². The van der Waals surface area contributed by atoms with Crippen molar-refractivity contribution in [2.75, 3.05) is 25.6 Å². The van der Waals surface area contributed by atoms with Crippen LogP contribution in [-0.4, -0.2) is 56.9 Å². The van der Waals surface area contributed by atoms with E-state index in [1.807, 2.05) is 24.3 Å². The Bertz CT molecular complexity index is 1360. The van der Waals surface area contributed by atoms with Crippen molar-refractivity contribution in [3.63, 3.8) is 0 Å². The third-order valence-corrected chi connectivity index (χ3v) is 6.40. The van der Waals surface area contributed by atoms with E-state index in [0.717, 1.165) is 41.0 Å². The molecule has 0 radical (unpaired) electrons. The number of aryl methyl sites for hydroxylation is 1. The Morgan fingerprint density at radius 3 is 2.76 bits per heavy atom. The highest BCUT2D eigenvalue weighted by Gasteiger charge is 2.28. The molecule has 2 aromatic heterocycles. The highest BCUT2D eigenvalue weighted by Crippen LogP contribution is 2.27. The fraction of sp³-hybridized carbons (Fsp3) is 0.478. The summed E-state index contributed by atoms with van der Waals surface area (Å²) in [4.78, 5) is 35.9. The number of nitrogens with zero attached hydrogens (tertiary/aromatic N) is 5. The van der Waals surface area contributed by atoms with Crippen LogP contribution in [0.1, 0.15) is 24.8 Å². The lowest BCUT2D eigenvalue weighted by molar-refractivity contribution is 0.0736. The molecular formula is C23H28N6O5. The molecule has 2 atom stereocenters. The number of hydrogen-bond acceptors (Lipinski definition) is 8. The quantitative estimate of drug-likeness (QED) is 0.555. The normalized spacial score (nSPS) is 19.9. The molecule has 11 nitrogen and oxygen atoms in total. The van der Waals surface area contributed by atoms with Crippen LogP contribution in [0.5, 0.6) is 5.75 Å². The number of ether oxygens (including phenoxy) is 2. The molecule has 0 unspecified atom stereocenters. The van der Waals surface area contributed by atoms with E-state index < -0.39 is 11.2 Å². The number of hydrogen-bond donors (Lipinski definition) is 1. The molecule has 1 fully saturated rings. The predicted molar refractivity (Wildman–Crippen MR) is 127 cm³/mol. The van der Waals surface area contributed by atoms with Gasteiger partial charge in [0, 0.05) is 39.2 Å². The van der Waals surface area contributed by atoms with Crippen molar-refractivity contribution < 1.29 is 14.3 Å². The van der Waals surface area contributed by atoms with E-state index in [2.05, 4.69) is 15.5 Å². The third kappa shape index (κ3) is 3.85. The summed E-state index contributed by atoms with van der Waals surface area (Å²) in [5, 5.41) is 7.61. The molecule has 1 saturated heterocycles. The first-order chi connectivity index (χ1) is 16.5. The number of oxime groups is 1. The van der Waals surface area contributed by atoms with Crippen LogP contribution in [-0.2, 0) is 30.2 Å². The van der Waals surface area contributed by atoms with Crippen molar-refractivity contribution in [3.8, 4) is 5.75 Å². The van der Waals surface area contributed by atoms with Crippen LogP contribution in [0.2, 0.25) is 0 Å².